The molecule has 194 valence electrons. The number of carbonyl (C=O) groups is 1. The van der Waals surface area contributed by atoms with Crippen LogP contribution in [0.2, 0.25) is 0 Å². The molecular formula is C34H46O2. The van der Waals surface area contributed by atoms with Crippen LogP contribution in [0.4, 0.5) is 0 Å². The maximum atomic E-state index is 13.0. The van der Waals surface area contributed by atoms with Crippen LogP contribution >= 0.6 is 0 Å². The number of rotatable bonds is 12. The Balaban J connectivity index is 1.22. The fourth-order valence-corrected chi connectivity index (χ4v) is 6.37. The molecule has 2 aromatic carbocycles. The van der Waals surface area contributed by atoms with Crippen LogP contribution in [0.1, 0.15) is 96.5 Å². The van der Waals surface area contributed by atoms with Gasteiger partial charge in [0.05, 0.1) is 6.61 Å². The van der Waals surface area contributed by atoms with Gasteiger partial charge in [0.2, 0.25) is 0 Å². The highest BCUT2D eigenvalue weighted by atomic mass is 16.5. The molecule has 1 unspecified atom stereocenters. The molecule has 0 amide bonds. The molecule has 0 radical (unpaired) electrons. The molecule has 0 N–H and O–H groups in total. The Morgan fingerprint density at radius 2 is 1.50 bits per heavy atom. The van der Waals surface area contributed by atoms with Gasteiger partial charge in [-0.05, 0) is 91.2 Å². The zero-order chi connectivity index (χ0) is 25.2. The Labute approximate surface area is 219 Å². The van der Waals surface area contributed by atoms with Gasteiger partial charge in [-0.15, -0.1) is 0 Å². The molecule has 4 rings (SSSR count). The topological polar surface area (TPSA) is 26.3 Å². The maximum Gasteiger partial charge on any atom is 0.162 e. The van der Waals surface area contributed by atoms with Crippen LogP contribution in [0, 0.1) is 17.8 Å². The average molecular weight is 487 g/mol. The molecule has 0 aromatic heterocycles. The summed E-state index contributed by atoms with van der Waals surface area (Å²) in [6, 6.07) is 16.7. The van der Waals surface area contributed by atoms with Gasteiger partial charge in [-0.25, -0.2) is 0 Å². The molecule has 2 aromatic rings. The van der Waals surface area contributed by atoms with Gasteiger partial charge in [-0.3, -0.25) is 4.79 Å². The first kappa shape index (κ1) is 26.7. The molecule has 36 heavy (non-hydrogen) atoms. The van der Waals surface area contributed by atoms with Crippen molar-refractivity contribution < 1.29 is 9.53 Å². The minimum atomic E-state index is 0.318. The zero-order valence-electron chi connectivity index (χ0n) is 22.6. The molecule has 0 saturated heterocycles. The van der Waals surface area contributed by atoms with E-state index in [1.54, 1.807) is 0 Å². The lowest BCUT2D eigenvalue weighted by molar-refractivity contribution is -0.115. The lowest BCUT2D eigenvalue weighted by Gasteiger charge is -2.35. The van der Waals surface area contributed by atoms with E-state index in [1.807, 2.05) is 19.1 Å². The van der Waals surface area contributed by atoms with Gasteiger partial charge < -0.3 is 4.74 Å². The lowest BCUT2D eigenvalue weighted by atomic mass is 9.70. The second kappa shape index (κ2) is 13.8. The maximum absolute atomic E-state index is 13.0. The molecule has 0 bridgehead atoms. The van der Waals surface area contributed by atoms with E-state index in [0.717, 1.165) is 47.5 Å². The van der Waals surface area contributed by atoms with Crippen molar-refractivity contribution in [3.05, 3.63) is 65.7 Å². The predicted molar refractivity (Wildman–Crippen MR) is 151 cm³/mol. The van der Waals surface area contributed by atoms with Crippen molar-refractivity contribution in [3.63, 3.8) is 0 Å². The first-order chi connectivity index (χ1) is 17.7. The smallest absolute Gasteiger partial charge is 0.162 e. The Bertz CT molecular complexity index is 961. The van der Waals surface area contributed by atoms with Crippen molar-refractivity contribution >= 4 is 5.78 Å². The zero-order valence-corrected chi connectivity index (χ0v) is 22.6. The third kappa shape index (κ3) is 7.58. The van der Waals surface area contributed by atoms with Gasteiger partial charge in [-0.2, -0.15) is 0 Å². The number of hydrogen-bond acceptors (Lipinski definition) is 2. The summed E-state index contributed by atoms with van der Waals surface area (Å²) < 4.78 is 5.54. The third-order valence-corrected chi connectivity index (χ3v) is 8.65. The summed E-state index contributed by atoms with van der Waals surface area (Å²) in [5.41, 5.74) is 4.52. The molecule has 1 fully saturated rings. The van der Waals surface area contributed by atoms with Crippen LogP contribution in [0.5, 0.6) is 5.75 Å². The first-order valence-electron chi connectivity index (χ1n) is 14.7. The number of allylic oxidation sites excluding steroid dienone is 2. The van der Waals surface area contributed by atoms with Crippen molar-refractivity contribution in [2.45, 2.75) is 97.3 Å². The van der Waals surface area contributed by atoms with Crippen LogP contribution in [0.15, 0.2) is 60.2 Å². The van der Waals surface area contributed by atoms with Gasteiger partial charge in [0.25, 0.3) is 0 Å². The number of ketones is 1. The summed E-state index contributed by atoms with van der Waals surface area (Å²) >= 11 is 0. The van der Waals surface area contributed by atoms with Crippen LogP contribution in [-0.4, -0.2) is 12.4 Å². The van der Waals surface area contributed by atoms with Gasteiger partial charge in [0.15, 0.2) is 5.78 Å². The van der Waals surface area contributed by atoms with Gasteiger partial charge >= 0.3 is 0 Å². The second-order valence-electron chi connectivity index (χ2n) is 11.1. The number of hydrogen-bond donors (Lipinski definition) is 0. The average Bonchev–Trinajstić information content (AvgIpc) is 2.93. The van der Waals surface area contributed by atoms with E-state index in [4.69, 9.17) is 4.74 Å². The molecule has 1 saturated carbocycles. The summed E-state index contributed by atoms with van der Waals surface area (Å²) in [6.45, 7) is 4.97. The third-order valence-electron chi connectivity index (χ3n) is 8.65. The molecule has 1 atom stereocenters. The minimum Gasteiger partial charge on any atom is -0.494 e. The molecular weight excluding hydrogens is 440 g/mol. The fraction of sp³-hybridized carbons (Fsp3) is 0.559. The Morgan fingerprint density at radius 1 is 0.806 bits per heavy atom. The largest absolute Gasteiger partial charge is 0.494 e. The summed E-state index contributed by atoms with van der Waals surface area (Å²) in [6.07, 6.45) is 18.9. The SMILES string of the molecule is CCCCCCC1CCC(C2CC=C(C(=O)Cc3ccc(-c4ccc(OCC)cc4)cc3)CC2)CC1. The highest BCUT2D eigenvalue weighted by Crippen LogP contribution is 2.41. The normalized spacial score (nSPS) is 22.2. The number of Topliss-reactive ketones (excluding diaryl/α,β-unsaturated/α-hetero) is 1. The van der Waals surface area contributed by atoms with Gasteiger partial charge in [-0.1, -0.05) is 94.3 Å². The van der Waals surface area contributed by atoms with Crippen LogP contribution in [0.3, 0.4) is 0 Å². The van der Waals surface area contributed by atoms with Gasteiger partial charge in [0.1, 0.15) is 5.75 Å². The van der Waals surface area contributed by atoms with E-state index in [1.165, 1.54) is 75.3 Å². The van der Waals surface area contributed by atoms with Crippen molar-refractivity contribution in [3.8, 4) is 16.9 Å². The molecule has 0 spiro atoms. The Hall–Kier alpha value is -2.35. The quantitative estimate of drug-likeness (QED) is 0.279. The van der Waals surface area contributed by atoms with Gasteiger partial charge in [0, 0.05) is 6.42 Å². The summed E-state index contributed by atoms with van der Waals surface area (Å²) in [4.78, 5) is 13.0. The molecule has 2 aliphatic rings. The highest BCUT2D eigenvalue weighted by molar-refractivity contribution is 5.97. The van der Waals surface area contributed by atoms with E-state index in [0.29, 0.717) is 18.8 Å². The predicted octanol–water partition coefficient (Wildman–Crippen LogP) is 9.37. The summed E-state index contributed by atoms with van der Waals surface area (Å²) in [5.74, 6) is 3.89. The Morgan fingerprint density at radius 3 is 2.11 bits per heavy atom. The molecule has 0 aliphatic heterocycles. The van der Waals surface area contributed by atoms with E-state index < -0.39 is 0 Å². The number of unbranched alkanes of at least 4 members (excludes halogenated alkanes) is 3. The highest BCUT2D eigenvalue weighted by Gasteiger charge is 2.29. The first-order valence-corrected chi connectivity index (χ1v) is 14.7. The van der Waals surface area contributed by atoms with Crippen molar-refractivity contribution in [1.82, 2.24) is 0 Å². The number of carbonyl (C=O) groups excluding carboxylic acids is 1. The number of ether oxygens (including phenoxy) is 1. The van der Waals surface area contributed by atoms with Crippen LogP contribution < -0.4 is 4.74 Å². The van der Waals surface area contributed by atoms with Crippen molar-refractivity contribution in [2.75, 3.05) is 6.61 Å². The second-order valence-corrected chi connectivity index (χ2v) is 11.1. The molecule has 2 nitrogen and oxygen atoms in total. The monoisotopic (exact) mass is 486 g/mol. The van der Waals surface area contributed by atoms with Crippen LogP contribution in [0.25, 0.3) is 11.1 Å². The fourth-order valence-electron chi connectivity index (χ4n) is 6.37. The molecule has 0 heterocycles. The van der Waals surface area contributed by atoms with Crippen LogP contribution in [-0.2, 0) is 11.2 Å². The number of benzene rings is 2. The summed E-state index contributed by atoms with van der Waals surface area (Å²) in [5, 5.41) is 0. The Kier molecular flexibility index (Phi) is 10.3. The van der Waals surface area contributed by atoms with E-state index >= 15 is 0 Å². The lowest BCUT2D eigenvalue weighted by Crippen LogP contribution is -2.24. The summed E-state index contributed by atoms with van der Waals surface area (Å²) in [7, 11) is 0. The minimum absolute atomic E-state index is 0.318. The molecule has 2 aliphatic carbocycles. The van der Waals surface area contributed by atoms with Crippen molar-refractivity contribution in [2.24, 2.45) is 17.8 Å². The van der Waals surface area contributed by atoms with E-state index in [-0.39, 0.29) is 0 Å². The standard InChI is InChI=1S/C34H46O2/c1-3-5-6-7-8-26-9-13-28(14-10-26)30-17-19-32(20-18-30)34(35)25-27-11-15-29(16-12-27)31-21-23-33(24-22-31)36-4-2/h11-12,15-16,19,21-24,26,28,30H,3-10,13-14,17-18,20,25H2,1-2H3. The molecule has 2 heteroatoms. The van der Waals surface area contributed by atoms with Crippen molar-refractivity contribution in [1.29, 1.82) is 0 Å². The van der Waals surface area contributed by atoms with E-state index in [2.05, 4.69) is 49.4 Å². The van der Waals surface area contributed by atoms with E-state index in [9.17, 15) is 4.79 Å².